The Morgan fingerprint density at radius 1 is 1.11 bits per heavy atom. The molecule has 0 aromatic heterocycles. The summed E-state index contributed by atoms with van der Waals surface area (Å²) in [6, 6.07) is 2.54. The summed E-state index contributed by atoms with van der Waals surface area (Å²) < 4.78 is 43.8. The standard InChI is InChI=1S/C17H21F3N4O4/c18-17(19,20)13-1-2-14(15(11-13)24(26)27)22-3-5-23(6-4-22)16(25)12-21-7-9-28-10-8-21/h1-2,11H,3-10,12H2. The quantitative estimate of drug-likeness (QED) is 0.562. The minimum Gasteiger partial charge on any atom is -0.379 e. The topological polar surface area (TPSA) is 79.2 Å². The number of carbonyl (C=O) groups excluding carboxylic acids is 1. The lowest BCUT2D eigenvalue weighted by atomic mass is 10.1. The molecule has 8 nitrogen and oxygen atoms in total. The molecular formula is C17H21F3N4O4. The van der Waals surface area contributed by atoms with Gasteiger partial charge in [-0.2, -0.15) is 13.2 Å². The van der Waals surface area contributed by atoms with Crippen LogP contribution in [0.5, 0.6) is 0 Å². The predicted octanol–water partition coefficient (Wildman–Crippen LogP) is 1.59. The highest BCUT2D eigenvalue weighted by Crippen LogP contribution is 2.36. The van der Waals surface area contributed by atoms with E-state index in [1.54, 1.807) is 9.80 Å². The molecule has 0 N–H and O–H groups in total. The van der Waals surface area contributed by atoms with Gasteiger partial charge in [0.15, 0.2) is 0 Å². The van der Waals surface area contributed by atoms with E-state index in [1.807, 2.05) is 4.90 Å². The van der Waals surface area contributed by atoms with E-state index in [9.17, 15) is 28.1 Å². The van der Waals surface area contributed by atoms with Crippen LogP contribution in [-0.2, 0) is 15.7 Å². The van der Waals surface area contributed by atoms with Gasteiger partial charge in [-0.15, -0.1) is 0 Å². The van der Waals surface area contributed by atoms with Crippen LogP contribution in [0.4, 0.5) is 24.5 Å². The largest absolute Gasteiger partial charge is 0.416 e. The van der Waals surface area contributed by atoms with Crippen LogP contribution in [-0.4, -0.2) is 79.7 Å². The molecule has 2 fully saturated rings. The molecule has 28 heavy (non-hydrogen) atoms. The first-order valence-electron chi connectivity index (χ1n) is 8.94. The van der Waals surface area contributed by atoms with Crippen molar-refractivity contribution in [3.05, 3.63) is 33.9 Å². The minimum atomic E-state index is -4.64. The Hall–Kier alpha value is -2.40. The molecule has 0 bridgehead atoms. The van der Waals surface area contributed by atoms with Gasteiger partial charge >= 0.3 is 6.18 Å². The summed E-state index contributed by atoms with van der Waals surface area (Å²) in [4.78, 5) is 28.2. The van der Waals surface area contributed by atoms with Crippen molar-refractivity contribution in [1.82, 2.24) is 9.80 Å². The fraction of sp³-hybridized carbons (Fsp3) is 0.588. The van der Waals surface area contributed by atoms with Gasteiger partial charge in [0.1, 0.15) is 5.69 Å². The minimum absolute atomic E-state index is 0.0246. The number of nitro benzene ring substituents is 1. The molecule has 1 aromatic rings. The van der Waals surface area contributed by atoms with Crippen LogP contribution in [0.1, 0.15) is 5.56 Å². The highest BCUT2D eigenvalue weighted by molar-refractivity contribution is 5.78. The van der Waals surface area contributed by atoms with Crippen molar-refractivity contribution in [3.8, 4) is 0 Å². The molecule has 1 aromatic carbocycles. The molecule has 0 aliphatic carbocycles. The van der Waals surface area contributed by atoms with E-state index in [4.69, 9.17) is 4.74 Å². The molecule has 0 atom stereocenters. The fourth-order valence-corrected chi connectivity index (χ4v) is 3.36. The number of alkyl halides is 3. The highest BCUT2D eigenvalue weighted by atomic mass is 19.4. The Kier molecular flexibility index (Phi) is 6.04. The summed E-state index contributed by atoms with van der Waals surface area (Å²) in [6.45, 7) is 4.25. The maximum Gasteiger partial charge on any atom is 0.416 e. The molecule has 0 spiro atoms. The van der Waals surface area contributed by atoms with Gasteiger partial charge in [0.25, 0.3) is 5.69 Å². The molecule has 3 rings (SSSR count). The van der Waals surface area contributed by atoms with Gasteiger partial charge < -0.3 is 14.5 Å². The number of carbonyl (C=O) groups is 1. The molecule has 0 saturated carbocycles. The average Bonchev–Trinajstić information content (AvgIpc) is 2.67. The van der Waals surface area contributed by atoms with Crippen molar-refractivity contribution in [2.75, 3.05) is 63.9 Å². The number of nitrogens with zero attached hydrogens (tertiary/aromatic N) is 4. The summed E-state index contributed by atoms with van der Waals surface area (Å²) in [5.74, 6) is -0.0246. The number of piperazine rings is 1. The Balaban J connectivity index is 1.64. The van der Waals surface area contributed by atoms with Crippen LogP contribution in [0.25, 0.3) is 0 Å². The molecule has 0 radical (unpaired) electrons. The smallest absolute Gasteiger partial charge is 0.379 e. The van der Waals surface area contributed by atoms with Crippen LogP contribution in [0.15, 0.2) is 18.2 Å². The zero-order chi connectivity index (χ0) is 20.3. The molecule has 2 aliphatic rings. The van der Waals surface area contributed by atoms with E-state index in [2.05, 4.69) is 0 Å². The molecule has 154 valence electrons. The van der Waals surface area contributed by atoms with Crippen molar-refractivity contribution in [2.45, 2.75) is 6.18 Å². The van der Waals surface area contributed by atoms with E-state index in [-0.39, 0.29) is 11.6 Å². The molecule has 11 heteroatoms. The third kappa shape index (κ3) is 4.71. The second kappa shape index (κ2) is 8.31. The summed E-state index contributed by atoms with van der Waals surface area (Å²) >= 11 is 0. The number of hydrogen-bond acceptors (Lipinski definition) is 6. The maximum atomic E-state index is 12.8. The van der Waals surface area contributed by atoms with E-state index in [0.29, 0.717) is 65.1 Å². The third-order valence-electron chi connectivity index (χ3n) is 4.94. The summed E-state index contributed by atoms with van der Waals surface area (Å²) in [5, 5.41) is 11.3. The van der Waals surface area contributed by atoms with Crippen LogP contribution in [0.3, 0.4) is 0 Å². The molecular weight excluding hydrogens is 381 g/mol. The lowest BCUT2D eigenvalue weighted by Gasteiger charge is -2.37. The number of morpholine rings is 1. The second-order valence-corrected chi connectivity index (χ2v) is 6.71. The van der Waals surface area contributed by atoms with E-state index in [1.165, 1.54) is 0 Å². The first-order valence-corrected chi connectivity index (χ1v) is 8.94. The summed E-state index contributed by atoms with van der Waals surface area (Å²) in [6.07, 6.45) is -4.64. The first kappa shape index (κ1) is 20.3. The Labute approximate surface area is 159 Å². The normalized spacial score (nSPS) is 19.0. The average molecular weight is 402 g/mol. The van der Waals surface area contributed by atoms with Crippen LogP contribution in [0.2, 0.25) is 0 Å². The lowest BCUT2D eigenvalue weighted by molar-refractivity contribution is -0.384. The van der Waals surface area contributed by atoms with Crippen LogP contribution < -0.4 is 4.90 Å². The second-order valence-electron chi connectivity index (χ2n) is 6.71. The number of anilines is 1. The van der Waals surface area contributed by atoms with Gasteiger partial charge in [0, 0.05) is 45.3 Å². The van der Waals surface area contributed by atoms with Gasteiger partial charge in [0.2, 0.25) is 5.91 Å². The van der Waals surface area contributed by atoms with Crippen molar-refractivity contribution in [2.24, 2.45) is 0 Å². The number of amides is 1. The zero-order valence-electron chi connectivity index (χ0n) is 15.2. The first-order chi connectivity index (χ1) is 13.3. The van der Waals surface area contributed by atoms with Gasteiger partial charge in [-0.05, 0) is 12.1 Å². The van der Waals surface area contributed by atoms with E-state index in [0.717, 1.165) is 12.1 Å². The van der Waals surface area contributed by atoms with Crippen LogP contribution >= 0.6 is 0 Å². The number of ether oxygens (including phenoxy) is 1. The monoisotopic (exact) mass is 402 g/mol. The number of benzene rings is 1. The zero-order valence-corrected chi connectivity index (χ0v) is 15.2. The molecule has 2 aliphatic heterocycles. The number of hydrogen-bond donors (Lipinski definition) is 0. The van der Waals surface area contributed by atoms with Crippen molar-refractivity contribution >= 4 is 17.3 Å². The van der Waals surface area contributed by atoms with E-state index >= 15 is 0 Å². The highest BCUT2D eigenvalue weighted by Gasteiger charge is 2.34. The maximum absolute atomic E-state index is 12.8. The van der Waals surface area contributed by atoms with Crippen molar-refractivity contribution in [3.63, 3.8) is 0 Å². The number of halogens is 3. The molecule has 1 amide bonds. The summed E-state index contributed by atoms with van der Waals surface area (Å²) in [7, 11) is 0. The Morgan fingerprint density at radius 3 is 2.32 bits per heavy atom. The fourth-order valence-electron chi connectivity index (χ4n) is 3.36. The molecule has 0 unspecified atom stereocenters. The van der Waals surface area contributed by atoms with Gasteiger partial charge in [-0.3, -0.25) is 19.8 Å². The molecule has 2 heterocycles. The molecule has 2 saturated heterocycles. The van der Waals surface area contributed by atoms with Crippen LogP contribution in [0, 0.1) is 10.1 Å². The van der Waals surface area contributed by atoms with Gasteiger partial charge in [-0.25, -0.2) is 0 Å². The predicted molar refractivity (Wildman–Crippen MR) is 94.2 cm³/mol. The van der Waals surface area contributed by atoms with Gasteiger partial charge in [0.05, 0.1) is 30.2 Å². The van der Waals surface area contributed by atoms with E-state index < -0.39 is 22.4 Å². The number of rotatable bonds is 4. The van der Waals surface area contributed by atoms with Crippen molar-refractivity contribution < 1.29 is 27.6 Å². The Bertz CT molecular complexity index is 730. The third-order valence-corrected chi connectivity index (χ3v) is 4.94. The summed E-state index contributed by atoms with van der Waals surface area (Å²) in [5.41, 5.74) is -1.50. The SMILES string of the molecule is O=C(CN1CCOCC1)N1CCN(c2ccc(C(F)(F)F)cc2[N+](=O)[O-])CC1. The number of nitro groups is 1. The lowest BCUT2D eigenvalue weighted by Crippen LogP contribution is -2.52. The Morgan fingerprint density at radius 2 is 1.75 bits per heavy atom. The van der Waals surface area contributed by atoms with Crippen molar-refractivity contribution in [1.29, 1.82) is 0 Å². The van der Waals surface area contributed by atoms with Gasteiger partial charge in [-0.1, -0.05) is 0 Å².